The molecule has 218 valence electrons. The number of morpholine rings is 1. The Hall–Kier alpha value is -4.22. The molecule has 1 aliphatic heterocycles. The van der Waals surface area contributed by atoms with Crippen LogP contribution in [0.5, 0.6) is 11.5 Å². The fourth-order valence-electron chi connectivity index (χ4n) is 4.87. The Morgan fingerprint density at radius 1 is 0.977 bits per heavy atom. The summed E-state index contributed by atoms with van der Waals surface area (Å²) in [6, 6.07) is 26.1. The lowest BCUT2D eigenvalue weighted by molar-refractivity contribution is -0.119. The monoisotopic (exact) mass is 612 g/mol. The van der Waals surface area contributed by atoms with Crippen molar-refractivity contribution in [1.82, 2.24) is 15.2 Å². The topological polar surface area (TPSA) is 75.7 Å². The first-order valence-corrected chi connectivity index (χ1v) is 15.1. The van der Waals surface area contributed by atoms with Gasteiger partial charge in [-0.25, -0.2) is 4.39 Å². The number of thiocarbonyl (C=S) groups is 1. The molecular weight excluding hydrogens is 584 g/mol. The number of halogens is 1. The summed E-state index contributed by atoms with van der Waals surface area (Å²) < 4.78 is 27.5. The third-order valence-corrected chi connectivity index (χ3v) is 8.36. The zero-order valence-electron chi connectivity index (χ0n) is 23.2. The van der Waals surface area contributed by atoms with Crippen LogP contribution in [-0.4, -0.2) is 47.2 Å². The van der Waals surface area contributed by atoms with Crippen molar-refractivity contribution in [2.45, 2.75) is 13.0 Å². The number of rotatable bonds is 8. The maximum absolute atomic E-state index is 15.1. The van der Waals surface area contributed by atoms with Gasteiger partial charge in [0.05, 0.1) is 29.9 Å². The van der Waals surface area contributed by atoms with E-state index in [0.717, 1.165) is 59.1 Å². The maximum atomic E-state index is 15.1. The number of hydrogen-bond donors (Lipinski definition) is 2. The van der Waals surface area contributed by atoms with Crippen molar-refractivity contribution in [1.29, 1.82) is 0 Å². The Kier molecular flexibility index (Phi) is 8.99. The summed E-state index contributed by atoms with van der Waals surface area (Å²) >= 11 is 6.81. The summed E-state index contributed by atoms with van der Waals surface area (Å²) in [5.74, 6) is -0.237. The van der Waals surface area contributed by atoms with E-state index in [0.29, 0.717) is 11.4 Å². The summed E-state index contributed by atoms with van der Waals surface area (Å²) in [6.45, 7) is 4.28. The van der Waals surface area contributed by atoms with E-state index in [1.807, 2.05) is 36.4 Å². The van der Waals surface area contributed by atoms with Gasteiger partial charge in [-0.05, 0) is 53.2 Å². The van der Waals surface area contributed by atoms with Crippen LogP contribution in [0.1, 0.15) is 11.1 Å². The van der Waals surface area contributed by atoms with Crippen LogP contribution < -0.4 is 15.4 Å². The highest BCUT2D eigenvalue weighted by Crippen LogP contribution is 2.40. The molecular formula is C33H29FN4O3S2. The summed E-state index contributed by atoms with van der Waals surface area (Å²) in [4.78, 5) is 20.3. The maximum Gasteiger partial charge on any atom is 0.230 e. The molecule has 5 aromatic rings. The number of nitrogens with one attached hydrogen (secondary N) is 2. The first kappa shape index (κ1) is 28.9. The van der Waals surface area contributed by atoms with Crippen LogP contribution in [0.3, 0.4) is 0 Å². The molecule has 1 aliphatic rings. The van der Waals surface area contributed by atoms with E-state index in [-0.39, 0.29) is 23.2 Å². The second kappa shape index (κ2) is 13.4. The van der Waals surface area contributed by atoms with Gasteiger partial charge in [0.2, 0.25) is 5.91 Å². The fourth-order valence-corrected chi connectivity index (χ4v) is 6.17. The number of anilines is 1. The van der Waals surface area contributed by atoms with Crippen LogP contribution in [0.25, 0.3) is 20.7 Å². The number of carbonyl (C=O) groups is 1. The van der Waals surface area contributed by atoms with E-state index in [4.69, 9.17) is 21.7 Å². The number of hydrogen-bond acceptors (Lipinski definition) is 7. The first-order valence-electron chi connectivity index (χ1n) is 13.9. The Bertz CT molecular complexity index is 1760. The molecule has 2 aromatic heterocycles. The second-order valence-corrected chi connectivity index (χ2v) is 11.6. The number of pyridine rings is 1. The largest absolute Gasteiger partial charge is 0.453 e. The van der Waals surface area contributed by atoms with Gasteiger partial charge in [-0.15, -0.1) is 11.3 Å². The number of aromatic nitrogens is 1. The molecule has 43 heavy (non-hydrogen) atoms. The Morgan fingerprint density at radius 3 is 2.60 bits per heavy atom. The van der Waals surface area contributed by atoms with Gasteiger partial charge in [0, 0.05) is 48.5 Å². The van der Waals surface area contributed by atoms with Gasteiger partial charge in [0.15, 0.2) is 16.7 Å². The number of amides is 1. The van der Waals surface area contributed by atoms with Gasteiger partial charge >= 0.3 is 0 Å². The predicted octanol–water partition coefficient (Wildman–Crippen LogP) is 6.78. The van der Waals surface area contributed by atoms with Gasteiger partial charge in [-0.3, -0.25) is 14.7 Å². The fraction of sp³-hybridized carbons (Fsp3) is 0.182. The van der Waals surface area contributed by atoms with Crippen LogP contribution in [0.4, 0.5) is 10.1 Å². The number of thiophene rings is 1. The van der Waals surface area contributed by atoms with Gasteiger partial charge in [-0.1, -0.05) is 48.5 Å². The zero-order valence-corrected chi connectivity index (χ0v) is 24.8. The van der Waals surface area contributed by atoms with E-state index >= 15 is 4.39 Å². The van der Waals surface area contributed by atoms with Crippen LogP contribution in [0.2, 0.25) is 0 Å². The molecule has 1 saturated heterocycles. The molecule has 1 fully saturated rings. The lowest BCUT2D eigenvalue weighted by Gasteiger charge is -2.26. The molecule has 0 atom stereocenters. The van der Waals surface area contributed by atoms with Crippen LogP contribution in [0.15, 0.2) is 91.1 Å². The van der Waals surface area contributed by atoms with E-state index < -0.39 is 5.82 Å². The van der Waals surface area contributed by atoms with Crippen LogP contribution >= 0.6 is 23.6 Å². The van der Waals surface area contributed by atoms with Crippen LogP contribution in [0, 0.1) is 5.82 Å². The molecule has 3 aromatic carbocycles. The first-order chi connectivity index (χ1) is 21.0. The summed E-state index contributed by atoms with van der Waals surface area (Å²) in [5, 5.41) is 5.57. The lowest BCUT2D eigenvalue weighted by atomic mass is 10.1. The molecule has 2 N–H and O–H groups in total. The molecule has 1 amide bonds. The normalized spacial score (nSPS) is 13.5. The van der Waals surface area contributed by atoms with Crippen LogP contribution in [-0.2, 0) is 22.5 Å². The zero-order chi connectivity index (χ0) is 29.6. The molecule has 0 aliphatic carbocycles. The number of nitrogens with zero attached hydrogens (tertiary/aromatic N) is 2. The molecule has 0 radical (unpaired) electrons. The minimum absolute atomic E-state index is 0.0690. The van der Waals surface area contributed by atoms with Crippen molar-refractivity contribution in [2.75, 3.05) is 31.6 Å². The summed E-state index contributed by atoms with van der Waals surface area (Å²) in [6.07, 6.45) is 1.85. The number of benzene rings is 3. The summed E-state index contributed by atoms with van der Waals surface area (Å²) in [7, 11) is 0. The van der Waals surface area contributed by atoms with Gasteiger partial charge in [-0.2, -0.15) is 0 Å². The number of fused-ring (bicyclic) bond motifs is 1. The molecule has 3 heterocycles. The minimum Gasteiger partial charge on any atom is -0.453 e. The lowest BCUT2D eigenvalue weighted by Crippen LogP contribution is -2.35. The molecule has 7 nitrogen and oxygen atoms in total. The number of ether oxygens (including phenoxy) is 2. The highest BCUT2D eigenvalue weighted by molar-refractivity contribution is 7.80. The van der Waals surface area contributed by atoms with E-state index in [1.54, 1.807) is 29.7 Å². The Labute approximate surface area is 258 Å². The van der Waals surface area contributed by atoms with Crippen molar-refractivity contribution >= 4 is 50.5 Å². The average molecular weight is 613 g/mol. The van der Waals surface area contributed by atoms with Crippen molar-refractivity contribution in [3.8, 4) is 21.9 Å². The minimum atomic E-state index is -0.569. The smallest absolute Gasteiger partial charge is 0.230 e. The molecule has 0 bridgehead atoms. The third kappa shape index (κ3) is 7.41. The van der Waals surface area contributed by atoms with E-state index in [9.17, 15) is 4.79 Å². The molecule has 0 spiro atoms. The van der Waals surface area contributed by atoms with Crippen molar-refractivity contribution < 1.29 is 18.7 Å². The van der Waals surface area contributed by atoms with Gasteiger partial charge < -0.3 is 20.1 Å². The highest BCUT2D eigenvalue weighted by atomic mass is 32.1. The van der Waals surface area contributed by atoms with E-state index in [2.05, 4.69) is 44.8 Å². The third-order valence-electron chi connectivity index (χ3n) is 6.97. The number of carbonyl (C=O) groups excluding carboxylic acids is 1. The van der Waals surface area contributed by atoms with Crippen molar-refractivity contribution in [3.05, 3.63) is 108 Å². The SMILES string of the molecule is O=C(Cc1ccccc1)NC(=S)Nc1ccc(Oc2ccnc3cc(-c4cccc(CN5CCOCC5)c4)sc23)c(F)c1. The van der Waals surface area contributed by atoms with Gasteiger partial charge in [0.25, 0.3) is 0 Å². The van der Waals surface area contributed by atoms with Crippen molar-refractivity contribution in [2.24, 2.45) is 0 Å². The van der Waals surface area contributed by atoms with Crippen molar-refractivity contribution in [3.63, 3.8) is 0 Å². The molecule has 0 unspecified atom stereocenters. The summed E-state index contributed by atoms with van der Waals surface area (Å²) in [5.41, 5.74) is 4.40. The quantitative estimate of drug-likeness (QED) is 0.187. The molecule has 10 heteroatoms. The Morgan fingerprint density at radius 2 is 1.79 bits per heavy atom. The average Bonchev–Trinajstić information content (AvgIpc) is 3.45. The second-order valence-electron chi connectivity index (χ2n) is 10.1. The molecule has 0 saturated carbocycles. The van der Waals surface area contributed by atoms with Gasteiger partial charge in [0.1, 0.15) is 5.75 Å². The van der Waals surface area contributed by atoms with E-state index in [1.165, 1.54) is 17.7 Å². The standard InChI is InChI=1S/C33H29FN4O3S2/c34-26-19-25(36-33(42)37-31(39)18-22-5-2-1-3-6-22)9-10-28(26)41-29-11-12-35-27-20-30(43-32(27)29)24-8-4-7-23(17-24)21-38-13-15-40-16-14-38/h1-12,17,19-20H,13-16,18,21H2,(H2,36,37,39,42). The molecule has 6 rings (SSSR count). The Balaban J connectivity index is 1.12. The predicted molar refractivity (Wildman–Crippen MR) is 172 cm³/mol. The highest BCUT2D eigenvalue weighted by Gasteiger charge is 2.15.